The molecular formula is C16H24ClN. The van der Waals surface area contributed by atoms with E-state index in [1.54, 1.807) is 0 Å². The molecule has 1 N–H and O–H groups in total. The minimum atomic E-state index is 0.112. The molecule has 100 valence electrons. The molecule has 1 aliphatic rings. The summed E-state index contributed by atoms with van der Waals surface area (Å²) in [5.41, 5.74) is 1.78. The van der Waals surface area contributed by atoms with Crippen LogP contribution in [0.3, 0.4) is 0 Å². The van der Waals surface area contributed by atoms with E-state index in [1.165, 1.54) is 24.8 Å². The number of hydrogen-bond acceptors (Lipinski definition) is 1. The van der Waals surface area contributed by atoms with E-state index in [9.17, 15) is 0 Å². The molecule has 18 heavy (non-hydrogen) atoms. The van der Waals surface area contributed by atoms with Crippen molar-refractivity contribution in [2.24, 2.45) is 5.41 Å². The van der Waals surface area contributed by atoms with Gasteiger partial charge in [-0.1, -0.05) is 50.9 Å². The Balaban J connectivity index is 2.35. The van der Waals surface area contributed by atoms with Gasteiger partial charge in [-0.2, -0.15) is 0 Å². The second-order valence-corrected chi connectivity index (χ2v) is 7.15. The van der Waals surface area contributed by atoms with Gasteiger partial charge in [0.1, 0.15) is 0 Å². The van der Waals surface area contributed by atoms with Gasteiger partial charge in [0, 0.05) is 10.6 Å². The van der Waals surface area contributed by atoms with Crippen molar-refractivity contribution < 1.29 is 0 Å². The lowest BCUT2D eigenvalue weighted by molar-refractivity contribution is 0.169. The van der Waals surface area contributed by atoms with Gasteiger partial charge in [0.05, 0.1) is 0 Å². The Labute approximate surface area is 116 Å². The van der Waals surface area contributed by atoms with E-state index in [4.69, 9.17) is 11.6 Å². The van der Waals surface area contributed by atoms with Gasteiger partial charge in [0.15, 0.2) is 0 Å². The number of rotatable bonds is 2. The molecule has 1 aliphatic heterocycles. The number of hydrogen-bond donors (Lipinski definition) is 1. The Bertz CT molecular complexity index is 400. The summed E-state index contributed by atoms with van der Waals surface area (Å²) < 4.78 is 0. The molecule has 0 aliphatic carbocycles. The van der Waals surface area contributed by atoms with Gasteiger partial charge in [-0.3, -0.25) is 0 Å². The van der Waals surface area contributed by atoms with Crippen LogP contribution >= 0.6 is 11.6 Å². The molecule has 1 fully saturated rings. The first-order chi connectivity index (χ1) is 8.41. The standard InChI is InChI=1S/C16H24ClN/c1-15(2,3)12-16(9-4-5-10-18-16)13-7-6-8-14(17)11-13/h6-8,11,18H,4-5,9-10,12H2,1-3H3. The van der Waals surface area contributed by atoms with E-state index in [0.717, 1.165) is 18.0 Å². The van der Waals surface area contributed by atoms with Crippen molar-refractivity contribution in [3.63, 3.8) is 0 Å². The zero-order valence-electron chi connectivity index (χ0n) is 11.7. The summed E-state index contributed by atoms with van der Waals surface area (Å²) in [4.78, 5) is 0. The maximum absolute atomic E-state index is 6.17. The van der Waals surface area contributed by atoms with E-state index in [0.29, 0.717) is 5.41 Å². The quantitative estimate of drug-likeness (QED) is 0.814. The highest BCUT2D eigenvalue weighted by Gasteiger charge is 2.37. The fraction of sp³-hybridized carbons (Fsp3) is 0.625. The number of piperidine rings is 1. The van der Waals surface area contributed by atoms with Crippen molar-refractivity contribution in [2.45, 2.75) is 52.0 Å². The fourth-order valence-corrected chi connectivity index (χ4v) is 3.35. The van der Waals surface area contributed by atoms with Crippen LogP contribution in [0.4, 0.5) is 0 Å². The zero-order chi connectivity index (χ0) is 13.2. The molecule has 1 heterocycles. The lowest BCUT2D eigenvalue weighted by atomic mass is 9.72. The molecule has 0 amide bonds. The second-order valence-electron chi connectivity index (χ2n) is 6.71. The molecule has 0 spiro atoms. The smallest absolute Gasteiger partial charge is 0.0440 e. The normalized spacial score (nSPS) is 25.1. The van der Waals surface area contributed by atoms with Crippen LogP contribution in [0.1, 0.15) is 52.0 Å². The largest absolute Gasteiger partial charge is 0.307 e. The Morgan fingerprint density at radius 2 is 2.06 bits per heavy atom. The van der Waals surface area contributed by atoms with Crippen molar-refractivity contribution in [3.05, 3.63) is 34.9 Å². The van der Waals surface area contributed by atoms with E-state index in [1.807, 2.05) is 6.07 Å². The Kier molecular flexibility index (Phi) is 4.03. The zero-order valence-corrected chi connectivity index (χ0v) is 12.5. The summed E-state index contributed by atoms with van der Waals surface area (Å²) in [5, 5.41) is 4.61. The van der Waals surface area contributed by atoms with E-state index in [-0.39, 0.29) is 5.54 Å². The molecule has 1 nitrogen and oxygen atoms in total. The van der Waals surface area contributed by atoms with Crippen LogP contribution in [0, 0.1) is 5.41 Å². The third-order valence-corrected chi connectivity index (χ3v) is 3.94. The maximum Gasteiger partial charge on any atom is 0.0440 e. The number of benzene rings is 1. The Morgan fingerprint density at radius 3 is 2.61 bits per heavy atom. The molecule has 1 atom stereocenters. The molecule has 0 radical (unpaired) electrons. The number of halogens is 1. The van der Waals surface area contributed by atoms with Gasteiger partial charge in [-0.25, -0.2) is 0 Å². The van der Waals surface area contributed by atoms with Crippen molar-refractivity contribution in [2.75, 3.05) is 6.54 Å². The van der Waals surface area contributed by atoms with E-state index in [2.05, 4.69) is 44.3 Å². The maximum atomic E-state index is 6.17. The van der Waals surface area contributed by atoms with Crippen molar-refractivity contribution in [3.8, 4) is 0 Å². The topological polar surface area (TPSA) is 12.0 Å². The third-order valence-electron chi connectivity index (χ3n) is 3.70. The molecule has 0 bridgehead atoms. The summed E-state index contributed by atoms with van der Waals surface area (Å²) in [7, 11) is 0. The van der Waals surface area contributed by atoms with Gasteiger partial charge >= 0.3 is 0 Å². The average Bonchev–Trinajstić information content (AvgIpc) is 2.28. The number of nitrogens with one attached hydrogen (secondary N) is 1. The molecule has 1 aromatic rings. The highest BCUT2D eigenvalue weighted by Crippen LogP contribution is 2.40. The molecular weight excluding hydrogens is 242 g/mol. The average molecular weight is 266 g/mol. The summed E-state index contributed by atoms with van der Waals surface area (Å²) in [6.45, 7) is 8.06. The van der Waals surface area contributed by atoms with Crippen LogP contribution in [0.5, 0.6) is 0 Å². The van der Waals surface area contributed by atoms with Crippen molar-refractivity contribution in [1.29, 1.82) is 0 Å². The molecule has 2 heteroatoms. The first-order valence-electron chi connectivity index (χ1n) is 6.92. The van der Waals surface area contributed by atoms with Crippen LogP contribution in [0.25, 0.3) is 0 Å². The molecule has 1 aromatic carbocycles. The monoisotopic (exact) mass is 265 g/mol. The van der Waals surface area contributed by atoms with Gasteiger partial charge in [-0.05, 0) is 48.9 Å². The van der Waals surface area contributed by atoms with Gasteiger partial charge in [0.25, 0.3) is 0 Å². The van der Waals surface area contributed by atoms with Crippen LogP contribution in [0.15, 0.2) is 24.3 Å². The van der Waals surface area contributed by atoms with Gasteiger partial charge in [0.2, 0.25) is 0 Å². The van der Waals surface area contributed by atoms with Crippen LogP contribution in [-0.4, -0.2) is 6.54 Å². The van der Waals surface area contributed by atoms with Gasteiger partial charge in [-0.15, -0.1) is 0 Å². The molecule has 0 saturated carbocycles. The summed E-state index contributed by atoms with van der Waals surface area (Å²) >= 11 is 6.17. The summed E-state index contributed by atoms with van der Waals surface area (Å²) in [5.74, 6) is 0. The fourth-order valence-electron chi connectivity index (χ4n) is 3.16. The first-order valence-corrected chi connectivity index (χ1v) is 7.30. The van der Waals surface area contributed by atoms with Crippen molar-refractivity contribution in [1.82, 2.24) is 5.32 Å². The van der Waals surface area contributed by atoms with Crippen LogP contribution < -0.4 is 5.32 Å². The minimum absolute atomic E-state index is 0.112. The van der Waals surface area contributed by atoms with Crippen LogP contribution in [0.2, 0.25) is 5.02 Å². The lowest BCUT2D eigenvalue weighted by Gasteiger charge is -2.43. The highest BCUT2D eigenvalue weighted by molar-refractivity contribution is 6.30. The second kappa shape index (κ2) is 5.22. The lowest BCUT2D eigenvalue weighted by Crippen LogP contribution is -2.48. The highest BCUT2D eigenvalue weighted by atomic mass is 35.5. The Hall–Kier alpha value is -0.530. The van der Waals surface area contributed by atoms with Crippen LogP contribution in [-0.2, 0) is 5.54 Å². The predicted molar refractivity (Wildman–Crippen MR) is 79.1 cm³/mol. The summed E-state index contributed by atoms with van der Waals surface area (Å²) in [6.07, 6.45) is 4.95. The van der Waals surface area contributed by atoms with E-state index < -0.39 is 0 Å². The van der Waals surface area contributed by atoms with Crippen molar-refractivity contribution >= 4 is 11.6 Å². The summed E-state index contributed by atoms with van der Waals surface area (Å²) in [6, 6.07) is 8.37. The SMILES string of the molecule is CC(C)(C)CC1(c2cccc(Cl)c2)CCCCN1. The van der Waals surface area contributed by atoms with E-state index >= 15 is 0 Å². The molecule has 1 unspecified atom stereocenters. The molecule has 2 rings (SSSR count). The minimum Gasteiger partial charge on any atom is -0.307 e. The predicted octanol–water partition coefficient (Wildman–Crippen LogP) is 4.75. The molecule has 0 aromatic heterocycles. The molecule has 1 saturated heterocycles. The first kappa shape index (κ1) is 13.9. The van der Waals surface area contributed by atoms with Gasteiger partial charge < -0.3 is 5.32 Å². The Morgan fingerprint density at radius 1 is 1.28 bits per heavy atom. The third kappa shape index (κ3) is 3.27.